The molecule has 4 rings (SSSR count). The van der Waals surface area contributed by atoms with Crippen LogP contribution in [0.2, 0.25) is 0 Å². The van der Waals surface area contributed by atoms with Crippen LogP contribution < -0.4 is 14.2 Å². The van der Waals surface area contributed by atoms with E-state index in [9.17, 15) is 4.79 Å². The van der Waals surface area contributed by atoms with E-state index in [4.69, 9.17) is 42.1 Å². The SMILES string of the molecule is CCOc1ccc(C2(C(=O)OCc3cccc(Oc4cccc(OCC)c4)c3)CC2(Cl)Cl)cc1. The van der Waals surface area contributed by atoms with E-state index in [-0.39, 0.29) is 13.0 Å². The fraction of sp³-hybridized carbons (Fsp3) is 0.296. The number of esters is 1. The second-order valence-electron chi connectivity index (χ2n) is 7.98. The van der Waals surface area contributed by atoms with E-state index in [0.717, 1.165) is 11.3 Å². The van der Waals surface area contributed by atoms with Gasteiger partial charge in [-0.2, -0.15) is 0 Å². The Morgan fingerprint density at radius 3 is 2.06 bits per heavy atom. The maximum atomic E-state index is 13.1. The van der Waals surface area contributed by atoms with Gasteiger partial charge in [-0.15, -0.1) is 0 Å². The van der Waals surface area contributed by atoms with E-state index in [2.05, 4.69) is 0 Å². The lowest BCUT2D eigenvalue weighted by Gasteiger charge is -2.18. The molecule has 0 aliphatic heterocycles. The minimum absolute atomic E-state index is 0.0671. The van der Waals surface area contributed by atoms with Crippen molar-refractivity contribution in [2.45, 2.75) is 36.6 Å². The molecule has 0 saturated heterocycles. The van der Waals surface area contributed by atoms with Gasteiger partial charge in [-0.25, -0.2) is 0 Å². The van der Waals surface area contributed by atoms with Crippen molar-refractivity contribution in [2.75, 3.05) is 13.2 Å². The fourth-order valence-corrected chi connectivity index (χ4v) is 4.62. The first-order chi connectivity index (χ1) is 16.4. The molecule has 0 radical (unpaired) electrons. The van der Waals surface area contributed by atoms with Gasteiger partial charge in [-0.1, -0.05) is 53.5 Å². The summed E-state index contributed by atoms with van der Waals surface area (Å²) in [6, 6.07) is 22.0. The molecule has 1 aliphatic carbocycles. The van der Waals surface area contributed by atoms with Gasteiger partial charge >= 0.3 is 5.97 Å². The molecule has 34 heavy (non-hydrogen) atoms. The standard InChI is InChI=1S/C27H26Cl2O5/c1-3-31-21-13-11-20(12-14-21)26(18-27(26,28)29)25(30)33-17-19-7-5-9-23(15-19)34-24-10-6-8-22(16-24)32-4-2/h5-16H,3-4,17-18H2,1-2H3. The molecule has 0 spiro atoms. The Morgan fingerprint density at radius 2 is 1.41 bits per heavy atom. The molecule has 0 bridgehead atoms. The molecule has 7 heteroatoms. The third-order valence-corrected chi connectivity index (χ3v) is 6.53. The lowest BCUT2D eigenvalue weighted by Crippen LogP contribution is -2.28. The highest BCUT2D eigenvalue weighted by atomic mass is 35.5. The van der Waals surface area contributed by atoms with Crippen LogP contribution in [0.3, 0.4) is 0 Å². The monoisotopic (exact) mass is 500 g/mol. The predicted octanol–water partition coefficient (Wildman–Crippen LogP) is 6.84. The predicted molar refractivity (Wildman–Crippen MR) is 132 cm³/mol. The highest BCUT2D eigenvalue weighted by molar-refractivity contribution is 6.54. The number of ether oxygens (including phenoxy) is 4. The van der Waals surface area contributed by atoms with Gasteiger partial charge in [-0.05, 0) is 61.4 Å². The van der Waals surface area contributed by atoms with Gasteiger partial charge in [0.1, 0.15) is 39.4 Å². The average Bonchev–Trinajstić information content (AvgIpc) is 3.42. The molecule has 178 valence electrons. The maximum Gasteiger partial charge on any atom is 0.320 e. The second kappa shape index (κ2) is 10.2. The molecule has 1 aliphatic rings. The number of halogens is 2. The number of benzene rings is 3. The van der Waals surface area contributed by atoms with Crippen LogP contribution in [0.4, 0.5) is 0 Å². The van der Waals surface area contributed by atoms with Crippen LogP contribution >= 0.6 is 23.2 Å². The molecule has 1 saturated carbocycles. The van der Waals surface area contributed by atoms with Crippen LogP contribution in [0.25, 0.3) is 0 Å². The van der Waals surface area contributed by atoms with Gasteiger partial charge in [0.15, 0.2) is 0 Å². The van der Waals surface area contributed by atoms with Crippen LogP contribution in [-0.2, 0) is 21.6 Å². The normalized spacial score (nSPS) is 18.1. The second-order valence-corrected chi connectivity index (χ2v) is 9.46. The van der Waals surface area contributed by atoms with Crippen LogP contribution in [0.5, 0.6) is 23.0 Å². The Bertz CT molecular complexity index is 1150. The van der Waals surface area contributed by atoms with Crippen LogP contribution in [-0.4, -0.2) is 23.5 Å². The summed E-state index contributed by atoms with van der Waals surface area (Å²) in [6.07, 6.45) is 0.287. The number of alkyl halides is 2. The summed E-state index contributed by atoms with van der Waals surface area (Å²) < 4.78 is 21.4. The van der Waals surface area contributed by atoms with E-state index in [1.165, 1.54) is 0 Å². The Morgan fingerprint density at radius 1 is 0.824 bits per heavy atom. The average molecular weight is 501 g/mol. The molecule has 0 heterocycles. The molecule has 3 aromatic carbocycles. The summed E-state index contributed by atoms with van der Waals surface area (Å²) in [5.41, 5.74) is 0.385. The Kier molecular flexibility index (Phi) is 7.24. The van der Waals surface area contributed by atoms with E-state index >= 15 is 0 Å². The molecule has 0 aromatic heterocycles. The highest BCUT2D eigenvalue weighted by Gasteiger charge is 2.73. The van der Waals surface area contributed by atoms with Crippen molar-refractivity contribution in [1.29, 1.82) is 0 Å². The van der Waals surface area contributed by atoms with Crippen molar-refractivity contribution in [3.63, 3.8) is 0 Å². The first-order valence-electron chi connectivity index (χ1n) is 11.2. The number of hydrogen-bond acceptors (Lipinski definition) is 5. The van der Waals surface area contributed by atoms with Crippen molar-refractivity contribution in [3.8, 4) is 23.0 Å². The van der Waals surface area contributed by atoms with Crippen molar-refractivity contribution in [1.82, 2.24) is 0 Å². The van der Waals surface area contributed by atoms with Crippen molar-refractivity contribution in [3.05, 3.63) is 83.9 Å². The first kappa shape index (κ1) is 24.2. The van der Waals surface area contributed by atoms with E-state index in [1.807, 2.05) is 74.5 Å². The Hall–Kier alpha value is -2.89. The topological polar surface area (TPSA) is 54.0 Å². The third kappa shape index (κ3) is 5.11. The maximum absolute atomic E-state index is 13.1. The van der Waals surface area contributed by atoms with Crippen LogP contribution in [0.15, 0.2) is 72.8 Å². The minimum atomic E-state index is -1.21. The number of carbonyl (C=O) groups is 1. The lowest BCUT2D eigenvalue weighted by molar-refractivity contribution is -0.148. The van der Waals surface area contributed by atoms with Crippen molar-refractivity contribution < 1.29 is 23.7 Å². The largest absolute Gasteiger partial charge is 0.494 e. The molecule has 1 unspecified atom stereocenters. The highest BCUT2D eigenvalue weighted by Crippen LogP contribution is 2.65. The Labute approximate surface area is 209 Å². The summed E-state index contributed by atoms with van der Waals surface area (Å²) in [5.74, 6) is 2.27. The zero-order chi connectivity index (χ0) is 24.2. The molecule has 0 N–H and O–H groups in total. The van der Waals surface area contributed by atoms with Crippen LogP contribution in [0.1, 0.15) is 31.4 Å². The number of hydrogen-bond donors (Lipinski definition) is 0. The first-order valence-corrected chi connectivity index (χ1v) is 11.9. The minimum Gasteiger partial charge on any atom is -0.494 e. The summed E-state index contributed by atoms with van der Waals surface area (Å²) in [5, 5.41) is 0. The Balaban J connectivity index is 1.43. The third-order valence-electron chi connectivity index (χ3n) is 5.61. The van der Waals surface area contributed by atoms with Gasteiger partial charge < -0.3 is 18.9 Å². The molecule has 1 fully saturated rings. The number of carbonyl (C=O) groups excluding carboxylic acids is 1. The zero-order valence-electron chi connectivity index (χ0n) is 19.1. The quantitative estimate of drug-likeness (QED) is 0.225. The summed E-state index contributed by atoms with van der Waals surface area (Å²) in [4.78, 5) is 13.1. The lowest BCUT2D eigenvalue weighted by atomic mass is 9.96. The van der Waals surface area contributed by atoms with Crippen molar-refractivity contribution >= 4 is 29.2 Å². The smallest absolute Gasteiger partial charge is 0.320 e. The zero-order valence-corrected chi connectivity index (χ0v) is 20.6. The molecular formula is C27H26Cl2O5. The van der Waals surface area contributed by atoms with Crippen molar-refractivity contribution in [2.24, 2.45) is 0 Å². The number of rotatable bonds is 10. The van der Waals surface area contributed by atoms with Gasteiger partial charge in [0.05, 0.1) is 13.2 Å². The molecule has 3 aromatic rings. The van der Waals surface area contributed by atoms with Gasteiger partial charge in [0.2, 0.25) is 0 Å². The van der Waals surface area contributed by atoms with E-state index < -0.39 is 15.7 Å². The van der Waals surface area contributed by atoms with E-state index in [0.29, 0.717) is 36.0 Å². The van der Waals surface area contributed by atoms with E-state index in [1.54, 1.807) is 12.1 Å². The summed E-state index contributed by atoms with van der Waals surface area (Å²) >= 11 is 12.9. The van der Waals surface area contributed by atoms with Gasteiger partial charge in [0, 0.05) is 12.5 Å². The molecule has 0 amide bonds. The van der Waals surface area contributed by atoms with Gasteiger partial charge in [-0.3, -0.25) is 4.79 Å². The fourth-order valence-electron chi connectivity index (χ4n) is 3.84. The summed E-state index contributed by atoms with van der Waals surface area (Å²) in [6.45, 7) is 5.04. The van der Waals surface area contributed by atoms with Gasteiger partial charge in [0.25, 0.3) is 0 Å². The van der Waals surface area contributed by atoms with Crippen LogP contribution in [0, 0.1) is 0 Å². The molecule has 5 nitrogen and oxygen atoms in total. The summed E-state index contributed by atoms with van der Waals surface area (Å²) in [7, 11) is 0. The molecule has 1 atom stereocenters. The molecular weight excluding hydrogens is 475 g/mol.